The van der Waals surface area contributed by atoms with Gasteiger partial charge in [-0.2, -0.15) is 0 Å². The second-order valence-corrected chi connectivity index (χ2v) is 10.6. The third kappa shape index (κ3) is 7.45. The molecule has 2 aromatic rings. The first-order chi connectivity index (χ1) is 16.5. The van der Waals surface area contributed by atoms with Crippen LogP contribution < -0.4 is 14.4 Å². The Morgan fingerprint density at radius 3 is 2.17 bits per heavy atom. The standard InChI is InChI=1S/C26H37N3O5S/c1-7-23(26(31)27-8-2)28(17-20-13-15-21(34-5)16-14-20)25(30)18-29(35(6,32)33)24-12-10-9-11-22(24)19(3)4/h9-16,19,23H,7-8,17-18H2,1-6H3,(H,27,31)/t23-/m0/s1. The van der Waals surface area contributed by atoms with E-state index in [9.17, 15) is 18.0 Å². The zero-order valence-electron chi connectivity index (χ0n) is 21.4. The van der Waals surface area contributed by atoms with Gasteiger partial charge in [0.2, 0.25) is 21.8 Å². The first kappa shape index (κ1) is 28.2. The van der Waals surface area contributed by atoms with Gasteiger partial charge in [0.05, 0.1) is 19.1 Å². The normalized spacial score (nSPS) is 12.2. The molecule has 2 rings (SSSR count). The summed E-state index contributed by atoms with van der Waals surface area (Å²) in [6.07, 6.45) is 1.47. The Labute approximate surface area is 209 Å². The number of sulfonamides is 1. The van der Waals surface area contributed by atoms with E-state index in [-0.39, 0.29) is 18.4 Å². The minimum atomic E-state index is -3.78. The molecule has 0 aliphatic rings. The highest BCUT2D eigenvalue weighted by Crippen LogP contribution is 2.29. The lowest BCUT2D eigenvalue weighted by atomic mass is 10.0. The summed E-state index contributed by atoms with van der Waals surface area (Å²) in [7, 11) is -2.21. The highest BCUT2D eigenvalue weighted by Gasteiger charge is 2.32. The molecule has 1 atom stereocenters. The maximum Gasteiger partial charge on any atom is 0.244 e. The molecule has 0 bridgehead atoms. The maximum absolute atomic E-state index is 13.7. The number of carbonyl (C=O) groups excluding carboxylic acids is 2. The van der Waals surface area contributed by atoms with Crippen LogP contribution in [0.1, 0.15) is 51.2 Å². The molecule has 8 nitrogen and oxygen atoms in total. The van der Waals surface area contributed by atoms with Crippen molar-refractivity contribution in [3.63, 3.8) is 0 Å². The molecule has 2 aromatic carbocycles. The number of hydrogen-bond acceptors (Lipinski definition) is 5. The monoisotopic (exact) mass is 503 g/mol. The molecular weight excluding hydrogens is 466 g/mol. The van der Waals surface area contributed by atoms with Crippen LogP contribution >= 0.6 is 0 Å². The minimum absolute atomic E-state index is 0.0553. The molecule has 0 aromatic heterocycles. The van der Waals surface area contributed by atoms with Crippen LogP contribution in [0.15, 0.2) is 48.5 Å². The van der Waals surface area contributed by atoms with Crippen LogP contribution in [0, 0.1) is 0 Å². The Bertz CT molecular complexity index is 1100. The van der Waals surface area contributed by atoms with Crippen LogP contribution in [0.4, 0.5) is 5.69 Å². The topological polar surface area (TPSA) is 96.0 Å². The summed E-state index contributed by atoms with van der Waals surface area (Å²) in [6.45, 7) is 7.76. The molecule has 9 heteroatoms. The summed E-state index contributed by atoms with van der Waals surface area (Å²) in [5.41, 5.74) is 2.09. The largest absolute Gasteiger partial charge is 0.497 e. The fourth-order valence-electron chi connectivity index (χ4n) is 3.94. The minimum Gasteiger partial charge on any atom is -0.497 e. The van der Waals surface area contributed by atoms with Gasteiger partial charge in [-0.15, -0.1) is 0 Å². The predicted molar refractivity (Wildman–Crippen MR) is 139 cm³/mol. The first-order valence-electron chi connectivity index (χ1n) is 11.8. The smallest absolute Gasteiger partial charge is 0.244 e. The highest BCUT2D eigenvalue weighted by molar-refractivity contribution is 7.92. The SMILES string of the molecule is CCNC(=O)[C@H](CC)N(Cc1ccc(OC)cc1)C(=O)CN(c1ccccc1C(C)C)S(C)(=O)=O. The maximum atomic E-state index is 13.7. The van der Waals surface area contributed by atoms with Gasteiger partial charge >= 0.3 is 0 Å². The Balaban J connectivity index is 2.48. The third-order valence-corrected chi connectivity index (χ3v) is 6.88. The van der Waals surface area contributed by atoms with Crippen molar-refractivity contribution >= 4 is 27.5 Å². The number of likely N-dealkylation sites (N-methyl/N-ethyl adjacent to an activating group) is 1. The summed E-state index contributed by atoms with van der Waals surface area (Å²) in [6, 6.07) is 13.6. The Hall–Kier alpha value is -3.07. The van der Waals surface area contributed by atoms with Crippen LogP contribution in [-0.2, 0) is 26.2 Å². The summed E-state index contributed by atoms with van der Waals surface area (Å²) < 4.78 is 32.0. The van der Waals surface area contributed by atoms with E-state index in [2.05, 4.69) is 5.32 Å². The average molecular weight is 504 g/mol. The molecule has 0 aliphatic carbocycles. The van der Waals surface area contributed by atoms with Gasteiger partial charge in [-0.05, 0) is 48.6 Å². The molecule has 0 unspecified atom stereocenters. The van der Waals surface area contributed by atoms with Gasteiger partial charge in [0.1, 0.15) is 18.3 Å². The molecule has 192 valence electrons. The Morgan fingerprint density at radius 1 is 1.03 bits per heavy atom. The lowest BCUT2D eigenvalue weighted by Gasteiger charge is -2.33. The van der Waals surface area contributed by atoms with E-state index < -0.39 is 28.5 Å². The molecule has 0 heterocycles. The fourth-order valence-corrected chi connectivity index (χ4v) is 4.81. The number of nitrogens with zero attached hydrogens (tertiary/aromatic N) is 2. The summed E-state index contributed by atoms with van der Waals surface area (Å²) in [4.78, 5) is 28.0. The number of amides is 2. The zero-order chi connectivity index (χ0) is 26.2. The third-order valence-electron chi connectivity index (χ3n) is 5.76. The lowest BCUT2D eigenvalue weighted by Crippen LogP contribution is -2.52. The molecule has 1 N–H and O–H groups in total. The number of hydrogen-bond donors (Lipinski definition) is 1. The van der Waals surface area contributed by atoms with Crippen LogP contribution in [-0.4, -0.2) is 57.6 Å². The van der Waals surface area contributed by atoms with Gasteiger partial charge < -0.3 is 15.0 Å². The van der Waals surface area contributed by atoms with E-state index >= 15 is 0 Å². The van der Waals surface area contributed by atoms with Gasteiger partial charge in [-0.1, -0.05) is 51.1 Å². The van der Waals surface area contributed by atoms with Gasteiger partial charge in [0, 0.05) is 13.1 Å². The summed E-state index contributed by atoms with van der Waals surface area (Å²) in [5, 5.41) is 2.79. The fraction of sp³-hybridized carbons (Fsp3) is 0.462. The molecule has 0 saturated carbocycles. The molecular formula is C26H37N3O5S. The molecule has 2 amide bonds. The van der Waals surface area contributed by atoms with Crippen molar-refractivity contribution in [2.75, 3.05) is 30.8 Å². The molecule has 0 fully saturated rings. The van der Waals surface area contributed by atoms with Crippen LogP contribution in [0.3, 0.4) is 0 Å². The number of para-hydroxylation sites is 1. The molecule has 0 radical (unpaired) electrons. The van der Waals surface area contributed by atoms with E-state index in [4.69, 9.17) is 4.74 Å². The molecule has 0 spiro atoms. The van der Waals surface area contributed by atoms with Gasteiger partial charge in [0.15, 0.2) is 0 Å². The molecule has 0 saturated heterocycles. The van der Waals surface area contributed by atoms with Crippen molar-refractivity contribution in [3.05, 3.63) is 59.7 Å². The second kappa shape index (κ2) is 12.6. The first-order valence-corrected chi connectivity index (χ1v) is 13.6. The number of anilines is 1. The van der Waals surface area contributed by atoms with Gasteiger partial charge in [-0.25, -0.2) is 8.42 Å². The zero-order valence-corrected chi connectivity index (χ0v) is 22.3. The van der Waals surface area contributed by atoms with Crippen molar-refractivity contribution in [2.45, 2.75) is 52.6 Å². The second-order valence-electron chi connectivity index (χ2n) is 8.67. The van der Waals surface area contributed by atoms with Crippen molar-refractivity contribution in [1.29, 1.82) is 0 Å². The average Bonchev–Trinajstić information content (AvgIpc) is 2.82. The van der Waals surface area contributed by atoms with Gasteiger partial charge in [-0.3, -0.25) is 13.9 Å². The highest BCUT2D eigenvalue weighted by atomic mass is 32.2. The molecule has 35 heavy (non-hydrogen) atoms. The van der Waals surface area contributed by atoms with Crippen molar-refractivity contribution in [3.8, 4) is 5.75 Å². The van der Waals surface area contributed by atoms with E-state index in [1.54, 1.807) is 31.4 Å². The summed E-state index contributed by atoms with van der Waals surface area (Å²) in [5.74, 6) is 0.00358. The van der Waals surface area contributed by atoms with Crippen molar-refractivity contribution in [1.82, 2.24) is 10.2 Å². The number of ether oxygens (including phenoxy) is 1. The Morgan fingerprint density at radius 2 is 1.66 bits per heavy atom. The van der Waals surface area contributed by atoms with Crippen molar-refractivity contribution in [2.24, 2.45) is 0 Å². The van der Waals surface area contributed by atoms with E-state index in [0.717, 1.165) is 21.7 Å². The van der Waals surface area contributed by atoms with Gasteiger partial charge in [0.25, 0.3) is 0 Å². The number of benzene rings is 2. The number of carbonyl (C=O) groups is 2. The molecule has 0 aliphatic heterocycles. The van der Waals surface area contributed by atoms with E-state index in [1.807, 2.05) is 52.0 Å². The number of methoxy groups -OCH3 is 1. The van der Waals surface area contributed by atoms with Crippen LogP contribution in [0.25, 0.3) is 0 Å². The number of nitrogens with one attached hydrogen (secondary N) is 1. The van der Waals surface area contributed by atoms with E-state index in [0.29, 0.717) is 24.4 Å². The lowest BCUT2D eigenvalue weighted by molar-refractivity contribution is -0.140. The summed E-state index contributed by atoms with van der Waals surface area (Å²) >= 11 is 0. The number of rotatable bonds is 12. The quantitative estimate of drug-likeness (QED) is 0.478. The Kier molecular flexibility index (Phi) is 10.1. The van der Waals surface area contributed by atoms with Crippen molar-refractivity contribution < 1.29 is 22.7 Å². The van der Waals surface area contributed by atoms with Crippen LogP contribution in [0.5, 0.6) is 5.75 Å². The van der Waals surface area contributed by atoms with E-state index in [1.165, 1.54) is 4.90 Å². The predicted octanol–water partition coefficient (Wildman–Crippen LogP) is 3.53. The van der Waals surface area contributed by atoms with Crippen LogP contribution in [0.2, 0.25) is 0 Å².